The number of rotatable bonds is 4. The van der Waals surface area contributed by atoms with Crippen molar-refractivity contribution in [2.24, 2.45) is 5.92 Å². The Morgan fingerprint density at radius 3 is 3.17 bits per heavy atom. The Kier molecular flexibility index (Phi) is 5.41. The normalized spacial score (nSPS) is 30.1. The largest absolute Gasteiger partial charge is 0.378 e. The highest BCUT2D eigenvalue weighted by molar-refractivity contribution is 5.76. The number of hydrogen-bond donors (Lipinski definition) is 2. The Morgan fingerprint density at radius 2 is 2.44 bits per heavy atom. The summed E-state index contributed by atoms with van der Waals surface area (Å²) < 4.78 is 5.34. The van der Waals surface area contributed by atoms with Crippen LogP contribution >= 0.6 is 0 Å². The van der Waals surface area contributed by atoms with Crippen molar-refractivity contribution in [2.75, 3.05) is 46.4 Å². The molecule has 5 nitrogen and oxygen atoms in total. The third-order valence-corrected chi connectivity index (χ3v) is 3.74. The van der Waals surface area contributed by atoms with Crippen LogP contribution in [0.3, 0.4) is 0 Å². The van der Waals surface area contributed by atoms with E-state index in [1.165, 1.54) is 19.4 Å². The van der Waals surface area contributed by atoms with Gasteiger partial charge in [-0.1, -0.05) is 0 Å². The first-order chi connectivity index (χ1) is 8.74. The summed E-state index contributed by atoms with van der Waals surface area (Å²) in [5.74, 6) is 0.759. The lowest BCUT2D eigenvalue weighted by molar-refractivity contribution is -0.122. The summed E-state index contributed by atoms with van der Waals surface area (Å²) in [4.78, 5) is 14.2. The molecule has 0 radical (unpaired) electrons. The highest BCUT2D eigenvalue weighted by atomic mass is 16.5. The number of piperidine rings is 1. The zero-order chi connectivity index (χ0) is 12.8. The van der Waals surface area contributed by atoms with Gasteiger partial charge in [-0.15, -0.1) is 0 Å². The molecular formula is C13H25N3O2. The molecule has 5 heteroatoms. The van der Waals surface area contributed by atoms with Crippen LogP contribution in [0.15, 0.2) is 0 Å². The molecule has 1 amide bonds. The van der Waals surface area contributed by atoms with Crippen molar-refractivity contribution in [1.82, 2.24) is 15.5 Å². The van der Waals surface area contributed by atoms with Crippen molar-refractivity contribution in [2.45, 2.75) is 25.3 Å². The van der Waals surface area contributed by atoms with Crippen molar-refractivity contribution in [3.63, 3.8) is 0 Å². The molecule has 104 valence electrons. The maximum atomic E-state index is 11.8. The van der Waals surface area contributed by atoms with Gasteiger partial charge in [-0.3, -0.25) is 4.79 Å². The fraction of sp³-hybridized carbons (Fsp3) is 0.923. The van der Waals surface area contributed by atoms with Gasteiger partial charge in [-0.25, -0.2) is 0 Å². The van der Waals surface area contributed by atoms with Crippen LogP contribution in [0.4, 0.5) is 0 Å². The molecule has 2 saturated heterocycles. The molecule has 0 aromatic heterocycles. The zero-order valence-electron chi connectivity index (χ0n) is 11.3. The first-order valence-electron chi connectivity index (χ1n) is 7.00. The number of amides is 1. The van der Waals surface area contributed by atoms with Crippen LogP contribution in [0.1, 0.15) is 19.3 Å². The van der Waals surface area contributed by atoms with E-state index in [0.717, 1.165) is 26.2 Å². The second kappa shape index (κ2) is 7.07. The van der Waals surface area contributed by atoms with Crippen molar-refractivity contribution >= 4 is 5.91 Å². The molecule has 2 unspecified atom stereocenters. The van der Waals surface area contributed by atoms with Gasteiger partial charge in [-0.05, 0) is 32.4 Å². The van der Waals surface area contributed by atoms with Crippen molar-refractivity contribution in [3.05, 3.63) is 0 Å². The molecule has 0 aromatic carbocycles. The summed E-state index contributed by atoms with van der Waals surface area (Å²) >= 11 is 0. The van der Waals surface area contributed by atoms with Crippen LogP contribution in [-0.2, 0) is 9.53 Å². The van der Waals surface area contributed by atoms with Gasteiger partial charge in [0.05, 0.1) is 13.2 Å². The quantitative estimate of drug-likeness (QED) is 0.732. The van der Waals surface area contributed by atoms with Crippen LogP contribution in [0.2, 0.25) is 0 Å². The lowest BCUT2D eigenvalue weighted by Crippen LogP contribution is -2.45. The number of ether oxygens (including phenoxy) is 1. The number of hydrogen-bond acceptors (Lipinski definition) is 4. The van der Waals surface area contributed by atoms with Gasteiger partial charge in [-0.2, -0.15) is 0 Å². The van der Waals surface area contributed by atoms with E-state index >= 15 is 0 Å². The zero-order valence-corrected chi connectivity index (χ0v) is 11.3. The molecule has 0 saturated carbocycles. The minimum Gasteiger partial charge on any atom is -0.378 e. The molecule has 2 heterocycles. The first-order valence-corrected chi connectivity index (χ1v) is 7.00. The molecule has 2 rings (SSSR count). The van der Waals surface area contributed by atoms with Gasteiger partial charge in [0.2, 0.25) is 5.91 Å². The van der Waals surface area contributed by atoms with Crippen molar-refractivity contribution in [3.8, 4) is 0 Å². The van der Waals surface area contributed by atoms with Gasteiger partial charge in [0.15, 0.2) is 0 Å². The third-order valence-electron chi connectivity index (χ3n) is 3.74. The van der Waals surface area contributed by atoms with Gasteiger partial charge in [0.1, 0.15) is 0 Å². The molecule has 0 aromatic rings. The fourth-order valence-corrected chi connectivity index (χ4v) is 2.74. The van der Waals surface area contributed by atoms with Gasteiger partial charge in [0, 0.05) is 32.1 Å². The smallest absolute Gasteiger partial charge is 0.221 e. The molecule has 2 aliphatic rings. The summed E-state index contributed by atoms with van der Waals surface area (Å²) in [5, 5.41) is 6.36. The average molecular weight is 255 g/mol. The van der Waals surface area contributed by atoms with E-state index in [4.69, 9.17) is 4.74 Å². The van der Waals surface area contributed by atoms with Crippen LogP contribution in [0.25, 0.3) is 0 Å². The second-order valence-electron chi connectivity index (χ2n) is 5.50. The number of nitrogens with zero attached hydrogens (tertiary/aromatic N) is 1. The Balaban J connectivity index is 1.61. The predicted octanol–water partition coefficient (Wildman–Crippen LogP) is -0.177. The summed E-state index contributed by atoms with van der Waals surface area (Å²) in [7, 11) is 2.15. The van der Waals surface area contributed by atoms with Gasteiger partial charge >= 0.3 is 0 Å². The average Bonchev–Trinajstić information content (AvgIpc) is 2.38. The number of likely N-dealkylation sites (tertiary alicyclic amines) is 1. The Morgan fingerprint density at radius 1 is 1.56 bits per heavy atom. The Labute approximate surface area is 109 Å². The highest BCUT2D eigenvalue weighted by Gasteiger charge is 2.20. The molecule has 0 aliphatic carbocycles. The topological polar surface area (TPSA) is 53.6 Å². The van der Waals surface area contributed by atoms with Crippen LogP contribution in [-0.4, -0.2) is 63.3 Å². The number of morpholine rings is 1. The summed E-state index contributed by atoms with van der Waals surface area (Å²) in [6, 6.07) is 0.188. The minimum atomic E-state index is 0.145. The highest BCUT2D eigenvalue weighted by Crippen LogP contribution is 2.13. The summed E-state index contributed by atoms with van der Waals surface area (Å²) in [5.41, 5.74) is 0. The molecule has 18 heavy (non-hydrogen) atoms. The Hall–Kier alpha value is -0.650. The molecule has 0 spiro atoms. The van der Waals surface area contributed by atoms with E-state index in [2.05, 4.69) is 22.6 Å². The first kappa shape index (κ1) is 13.8. The van der Waals surface area contributed by atoms with E-state index in [1.807, 2.05) is 0 Å². The number of carbonyl (C=O) groups is 1. The van der Waals surface area contributed by atoms with Crippen molar-refractivity contribution < 1.29 is 9.53 Å². The fourth-order valence-electron chi connectivity index (χ4n) is 2.74. The maximum Gasteiger partial charge on any atom is 0.221 e. The van der Waals surface area contributed by atoms with E-state index < -0.39 is 0 Å². The second-order valence-corrected chi connectivity index (χ2v) is 5.50. The summed E-state index contributed by atoms with van der Waals surface area (Å²) in [6.45, 7) is 5.37. The standard InChI is InChI=1S/C13H25N3O2/c1-16-5-2-3-11(9-16)8-15-13(17)7-12-10-18-6-4-14-12/h11-12,14H,2-10H2,1H3,(H,15,17). The molecule has 0 bridgehead atoms. The minimum absolute atomic E-state index is 0.145. The van der Waals surface area contributed by atoms with Gasteiger partial charge in [0.25, 0.3) is 0 Å². The molecule has 2 N–H and O–H groups in total. The van der Waals surface area contributed by atoms with Crippen LogP contribution in [0, 0.1) is 5.92 Å². The third kappa shape index (κ3) is 4.55. The molecule has 2 fully saturated rings. The SMILES string of the molecule is CN1CCCC(CNC(=O)CC2COCCN2)C1. The molecule has 2 atom stereocenters. The molecule has 2 aliphatic heterocycles. The number of nitrogens with one attached hydrogen (secondary N) is 2. The number of carbonyl (C=O) groups excluding carboxylic acids is 1. The molecular weight excluding hydrogens is 230 g/mol. The monoisotopic (exact) mass is 255 g/mol. The lowest BCUT2D eigenvalue weighted by Gasteiger charge is -2.30. The van der Waals surface area contributed by atoms with E-state index in [-0.39, 0.29) is 11.9 Å². The Bertz CT molecular complexity index is 267. The van der Waals surface area contributed by atoms with E-state index in [9.17, 15) is 4.79 Å². The lowest BCUT2D eigenvalue weighted by atomic mass is 9.98. The van der Waals surface area contributed by atoms with Crippen LogP contribution in [0.5, 0.6) is 0 Å². The summed E-state index contributed by atoms with van der Waals surface area (Å²) in [6.07, 6.45) is 3.01. The van der Waals surface area contributed by atoms with Crippen LogP contribution < -0.4 is 10.6 Å². The van der Waals surface area contributed by atoms with Crippen molar-refractivity contribution in [1.29, 1.82) is 0 Å². The van der Waals surface area contributed by atoms with E-state index in [1.54, 1.807) is 0 Å². The van der Waals surface area contributed by atoms with Gasteiger partial charge < -0.3 is 20.3 Å². The van der Waals surface area contributed by atoms with E-state index in [0.29, 0.717) is 18.9 Å². The predicted molar refractivity (Wildman–Crippen MR) is 70.5 cm³/mol. The maximum absolute atomic E-state index is 11.8.